The molecule has 0 aliphatic carbocycles. The van der Waals surface area contributed by atoms with Crippen molar-refractivity contribution < 1.29 is 16.8 Å². The molecule has 0 unspecified atom stereocenters. The van der Waals surface area contributed by atoms with Crippen molar-refractivity contribution in [1.29, 1.82) is 0 Å². The first-order chi connectivity index (χ1) is 14.1. The van der Waals surface area contributed by atoms with Crippen LogP contribution in [0.2, 0.25) is 5.02 Å². The van der Waals surface area contributed by atoms with Crippen molar-refractivity contribution in [1.82, 2.24) is 13.9 Å². The number of hydrogen-bond donors (Lipinski definition) is 1. The number of hydrogen-bond acceptors (Lipinski definition) is 5. The summed E-state index contributed by atoms with van der Waals surface area (Å²) in [5.74, 6) is 0.315. The van der Waals surface area contributed by atoms with Gasteiger partial charge in [0, 0.05) is 43.3 Å². The molecule has 168 valence electrons. The highest BCUT2D eigenvalue weighted by Crippen LogP contribution is 2.44. The van der Waals surface area contributed by atoms with E-state index in [0.717, 1.165) is 50.1 Å². The van der Waals surface area contributed by atoms with E-state index in [1.165, 1.54) is 11.1 Å². The van der Waals surface area contributed by atoms with Gasteiger partial charge < -0.3 is 0 Å². The first kappa shape index (κ1) is 22.5. The third-order valence-corrected chi connectivity index (χ3v) is 9.61. The molecule has 3 atom stereocenters. The van der Waals surface area contributed by atoms with Crippen LogP contribution in [0.3, 0.4) is 0 Å². The van der Waals surface area contributed by atoms with E-state index < -0.39 is 20.0 Å². The number of nitrogens with one attached hydrogen (secondary N) is 1. The molecule has 0 saturated carbocycles. The Bertz CT molecular complexity index is 999. The molecule has 0 aromatic heterocycles. The van der Waals surface area contributed by atoms with E-state index in [1.54, 1.807) is 4.31 Å². The maximum atomic E-state index is 13.1. The van der Waals surface area contributed by atoms with Crippen molar-refractivity contribution in [2.45, 2.75) is 44.2 Å². The lowest BCUT2D eigenvalue weighted by Crippen LogP contribution is -2.57. The quantitative estimate of drug-likeness (QED) is 0.636. The van der Waals surface area contributed by atoms with Crippen LogP contribution in [0, 0.1) is 5.92 Å². The van der Waals surface area contributed by atoms with Gasteiger partial charge in [-0.1, -0.05) is 17.7 Å². The number of rotatable bonds is 6. The van der Waals surface area contributed by atoms with Gasteiger partial charge in [-0.05, 0) is 61.3 Å². The van der Waals surface area contributed by atoms with Crippen LogP contribution in [0.1, 0.15) is 42.9 Å². The molecule has 1 aromatic rings. The first-order valence-corrected chi connectivity index (χ1v) is 14.5. The Morgan fingerprint density at radius 2 is 2.00 bits per heavy atom. The summed E-state index contributed by atoms with van der Waals surface area (Å²) in [6, 6.07) is 6.29. The predicted molar refractivity (Wildman–Crippen MR) is 119 cm³/mol. The monoisotopic (exact) mass is 475 g/mol. The smallest absolute Gasteiger partial charge is 0.214 e. The number of piperidine rings is 2. The van der Waals surface area contributed by atoms with Crippen molar-refractivity contribution in [3.05, 3.63) is 34.3 Å². The molecular formula is C20H30ClN3O4S2. The van der Waals surface area contributed by atoms with Gasteiger partial charge in [-0.15, -0.1) is 0 Å². The van der Waals surface area contributed by atoms with Gasteiger partial charge in [-0.2, -0.15) is 4.31 Å². The van der Waals surface area contributed by atoms with Crippen LogP contribution in [-0.2, 0) is 26.5 Å². The average Bonchev–Trinajstić information content (AvgIpc) is 2.68. The Balaban J connectivity index is 1.50. The third-order valence-electron chi connectivity index (χ3n) is 6.68. The minimum atomic E-state index is -3.44. The molecule has 30 heavy (non-hydrogen) atoms. The molecule has 0 amide bonds. The lowest BCUT2D eigenvalue weighted by atomic mass is 9.77. The fourth-order valence-electron chi connectivity index (χ4n) is 5.35. The summed E-state index contributed by atoms with van der Waals surface area (Å²) in [6.07, 6.45) is 5.09. The number of nitrogens with zero attached hydrogens (tertiary/aromatic N) is 2. The molecule has 0 spiro atoms. The van der Waals surface area contributed by atoms with Gasteiger partial charge in [0.1, 0.15) is 0 Å². The molecule has 3 aliphatic heterocycles. The molecular weight excluding hydrogens is 446 g/mol. The van der Waals surface area contributed by atoms with Gasteiger partial charge in [-0.25, -0.2) is 21.6 Å². The summed E-state index contributed by atoms with van der Waals surface area (Å²) in [4.78, 5) is 2.51. The van der Waals surface area contributed by atoms with Gasteiger partial charge in [0.15, 0.2) is 0 Å². The molecule has 4 rings (SSSR count). The molecule has 0 bridgehead atoms. The average molecular weight is 476 g/mol. The van der Waals surface area contributed by atoms with Crippen molar-refractivity contribution in [3.63, 3.8) is 0 Å². The largest absolute Gasteiger partial charge is 0.296 e. The topological polar surface area (TPSA) is 86.8 Å². The molecule has 7 nitrogen and oxygen atoms in total. The maximum absolute atomic E-state index is 13.1. The molecule has 3 heterocycles. The third kappa shape index (κ3) is 4.86. The van der Waals surface area contributed by atoms with E-state index in [9.17, 15) is 16.8 Å². The molecule has 1 aromatic carbocycles. The number of benzene rings is 1. The van der Waals surface area contributed by atoms with Gasteiger partial charge in [0.2, 0.25) is 20.0 Å². The van der Waals surface area contributed by atoms with Crippen molar-refractivity contribution in [3.8, 4) is 0 Å². The SMILES string of the molecule is CS(=O)(=O)NCCCS(=O)(=O)N1CCC[C@H]2CN3CCc4ccc(Cl)cc4[C@@H]3C[C@H]21. The minimum absolute atomic E-state index is 0.00204. The van der Waals surface area contributed by atoms with Crippen LogP contribution in [-0.4, -0.2) is 70.3 Å². The molecule has 10 heteroatoms. The molecule has 1 N–H and O–H groups in total. The summed E-state index contributed by atoms with van der Waals surface area (Å²) in [5.41, 5.74) is 2.56. The Hall–Kier alpha value is -0.710. The zero-order chi connectivity index (χ0) is 21.5. The predicted octanol–water partition coefficient (Wildman–Crippen LogP) is 1.99. The highest BCUT2D eigenvalue weighted by atomic mass is 35.5. The van der Waals surface area contributed by atoms with Gasteiger partial charge >= 0.3 is 0 Å². The summed E-state index contributed by atoms with van der Waals surface area (Å²) in [7, 11) is -6.75. The van der Waals surface area contributed by atoms with Crippen LogP contribution in [0.15, 0.2) is 18.2 Å². The number of halogens is 1. The molecule has 2 fully saturated rings. The second-order valence-electron chi connectivity index (χ2n) is 8.76. The summed E-state index contributed by atoms with van der Waals surface area (Å²) >= 11 is 6.28. The molecule has 0 radical (unpaired) electrons. The Morgan fingerprint density at radius 3 is 2.77 bits per heavy atom. The molecule has 3 aliphatic rings. The van der Waals surface area contributed by atoms with Crippen molar-refractivity contribution in [2.75, 3.05) is 38.2 Å². The molecule has 2 saturated heterocycles. The van der Waals surface area contributed by atoms with Crippen LogP contribution in [0.5, 0.6) is 0 Å². The fraction of sp³-hybridized carbons (Fsp3) is 0.700. The Labute approximate surface area is 184 Å². The second-order valence-corrected chi connectivity index (χ2v) is 13.1. The van der Waals surface area contributed by atoms with Crippen molar-refractivity contribution >= 4 is 31.6 Å². The lowest BCUT2D eigenvalue weighted by molar-refractivity contribution is 0.0220. The zero-order valence-electron chi connectivity index (χ0n) is 17.3. The summed E-state index contributed by atoms with van der Waals surface area (Å²) < 4.78 is 52.8. The van der Waals surface area contributed by atoms with Gasteiger partial charge in [-0.3, -0.25) is 4.90 Å². The maximum Gasteiger partial charge on any atom is 0.214 e. The first-order valence-electron chi connectivity index (χ1n) is 10.6. The van der Waals surface area contributed by atoms with Crippen LogP contribution in [0.25, 0.3) is 0 Å². The van der Waals surface area contributed by atoms with Crippen LogP contribution < -0.4 is 4.72 Å². The summed E-state index contributed by atoms with van der Waals surface area (Å²) in [5, 5.41) is 0.726. The lowest BCUT2D eigenvalue weighted by Gasteiger charge is -2.51. The fourth-order valence-corrected chi connectivity index (χ4v) is 7.86. The highest BCUT2D eigenvalue weighted by molar-refractivity contribution is 7.89. The van der Waals surface area contributed by atoms with Crippen LogP contribution in [0.4, 0.5) is 0 Å². The normalized spacial score (nSPS) is 27.9. The van der Waals surface area contributed by atoms with E-state index in [0.29, 0.717) is 12.5 Å². The minimum Gasteiger partial charge on any atom is -0.296 e. The standard InChI is InChI=1S/C20H30ClN3O4S2/c1-29(25,26)22-8-3-11-30(27,28)24-9-2-4-16-14-23-10-7-15-5-6-17(21)12-18(15)20(23)13-19(16)24/h5-6,12,16,19-20,22H,2-4,7-11,13-14H2,1H3/t16-,19+,20-/m0/s1. The zero-order valence-corrected chi connectivity index (χ0v) is 19.6. The van der Waals surface area contributed by atoms with Crippen molar-refractivity contribution in [2.24, 2.45) is 5.92 Å². The van der Waals surface area contributed by atoms with E-state index in [2.05, 4.69) is 15.7 Å². The Morgan fingerprint density at radius 1 is 1.20 bits per heavy atom. The van der Waals surface area contributed by atoms with E-state index in [1.807, 2.05) is 12.1 Å². The number of fused-ring (bicyclic) bond motifs is 4. The summed E-state index contributed by atoms with van der Waals surface area (Å²) in [6.45, 7) is 2.62. The van der Waals surface area contributed by atoms with Gasteiger partial charge in [0.25, 0.3) is 0 Å². The Kier molecular flexibility index (Phi) is 6.50. The van der Waals surface area contributed by atoms with Gasteiger partial charge in [0.05, 0.1) is 12.0 Å². The van der Waals surface area contributed by atoms with E-state index >= 15 is 0 Å². The second kappa shape index (κ2) is 8.67. The number of sulfonamides is 2. The van der Waals surface area contributed by atoms with E-state index in [4.69, 9.17) is 11.6 Å². The van der Waals surface area contributed by atoms with Crippen LogP contribution >= 0.6 is 11.6 Å². The highest BCUT2D eigenvalue weighted by Gasteiger charge is 2.45. The van der Waals surface area contributed by atoms with E-state index in [-0.39, 0.29) is 30.8 Å².